The molecule has 0 saturated heterocycles. The van der Waals surface area contributed by atoms with Crippen LogP contribution in [-0.2, 0) is 17.8 Å². The summed E-state index contributed by atoms with van der Waals surface area (Å²) >= 11 is 1.58. The number of oxazole rings is 1. The molecule has 1 saturated carbocycles. The normalized spacial score (nSPS) is 13.8. The van der Waals surface area contributed by atoms with E-state index in [1.807, 2.05) is 47.5 Å². The van der Waals surface area contributed by atoms with E-state index < -0.39 is 0 Å². The maximum atomic E-state index is 12.9. The number of amides is 1. The van der Waals surface area contributed by atoms with Gasteiger partial charge in [0.15, 0.2) is 0 Å². The Kier molecular flexibility index (Phi) is 4.36. The van der Waals surface area contributed by atoms with Crippen molar-refractivity contribution in [3.63, 3.8) is 0 Å². The van der Waals surface area contributed by atoms with Crippen LogP contribution in [0, 0.1) is 6.92 Å². The Bertz CT molecular complexity index is 854. The quantitative estimate of drug-likeness (QED) is 0.675. The van der Waals surface area contributed by atoms with E-state index in [9.17, 15) is 4.79 Å². The second-order valence-electron chi connectivity index (χ2n) is 6.25. The molecule has 25 heavy (non-hydrogen) atoms. The van der Waals surface area contributed by atoms with Crippen LogP contribution >= 0.6 is 11.3 Å². The number of hydrogen-bond donors (Lipinski definition) is 0. The summed E-state index contributed by atoms with van der Waals surface area (Å²) in [5, 5.41) is 1.99. The SMILES string of the molecule is Cc1oc(-c2cccs2)nc1CC(=O)N(Cc1ccccn1)C1CC1. The molecule has 5 nitrogen and oxygen atoms in total. The second kappa shape index (κ2) is 6.80. The third-order valence-electron chi connectivity index (χ3n) is 4.31. The highest BCUT2D eigenvalue weighted by Gasteiger charge is 2.33. The van der Waals surface area contributed by atoms with Crippen LogP contribution in [0.2, 0.25) is 0 Å². The summed E-state index contributed by atoms with van der Waals surface area (Å²) in [7, 11) is 0. The Hall–Kier alpha value is -2.47. The van der Waals surface area contributed by atoms with E-state index >= 15 is 0 Å². The average Bonchev–Trinajstić information content (AvgIpc) is 3.18. The molecular weight excluding hydrogens is 334 g/mol. The third kappa shape index (κ3) is 3.64. The van der Waals surface area contributed by atoms with Crippen molar-refractivity contribution >= 4 is 17.2 Å². The fourth-order valence-corrected chi connectivity index (χ4v) is 3.46. The van der Waals surface area contributed by atoms with Crippen LogP contribution in [0.4, 0.5) is 0 Å². The van der Waals surface area contributed by atoms with Crippen molar-refractivity contribution in [1.29, 1.82) is 0 Å². The van der Waals surface area contributed by atoms with Gasteiger partial charge in [0.1, 0.15) is 5.76 Å². The lowest BCUT2D eigenvalue weighted by molar-refractivity contribution is -0.131. The molecule has 0 atom stereocenters. The third-order valence-corrected chi connectivity index (χ3v) is 5.17. The Labute approximate surface area is 150 Å². The van der Waals surface area contributed by atoms with Crippen molar-refractivity contribution in [2.24, 2.45) is 0 Å². The first kappa shape index (κ1) is 16.0. The van der Waals surface area contributed by atoms with Gasteiger partial charge in [0, 0.05) is 12.2 Å². The van der Waals surface area contributed by atoms with E-state index in [4.69, 9.17) is 4.42 Å². The predicted molar refractivity (Wildman–Crippen MR) is 96.1 cm³/mol. The van der Waals surface area contributed by atoms with Crippen LogP contribution in [-0.4, -0.2) is 26.8 Å². The summed E-state index contributed by atoms with van der Waals surface area (Å²) in [4.78, 5) is 24.7. The van der Waals surface area contributed by atoms with Gasteiger partial charge in [0.25, 0.3) is 0 Å². The van der Waals surface area contributed by atoms with Crippen LogP contribution in [0.1, 0.15) is 30.0 Å². The zero-order valence-corrected chi connectivity index (χ0v) is 14.8. The van der Waals surface area contributed by atoms with Crippen LogP contribution in [0.5, 0.6) is 0 Å². The highest BCUT2D eigenvalue weighted by atomic mass is 32.1. The van der Waals surface area contributed by atoms with Gasteiger partial charge in [-0.15, -0.1) is 11.3 Å². The molecule has 0 radical (unpaired) electrons. The predicted octanol–water partition coefficient (Wildman–Crippen LogP) is 3.84. The summed E-state index contributed by atoms with van der Waals surface area (Å²) in [6.07, 6.45) is 4.16. The van der Waals surface area contributed by atoms with Crippen molar-refractivity contribution in [2.45, 2.75) is 38.8 Å². The Morgan fingerprint density at radius 3 is 2.88 bits per heavy atom. The van der Waals surface area contributed by atoms with E-state index in [-0.39, 0.29) is 12.3 Å². The zero-order valence-electron chi connectivity index (χ0n) is 14.0. The van der Waals surface area contributed by atoms with Crippen LogP contribution in [0.3, 0.4) is 0 Å². The van der Waals surface area contributed by atoms with E-state index in [0.29, 0.717) is 24.2 Å². The van der Waals surface area contributed by atoms with Gasteiger partial charge < -0.3 is 9.32 Å². The number of rotatable bonds is 6. The van der Waals surface area contributed by atoms with Crippen molar-refractivity contribution in [3.05, 3.63) is 59.1 Å². The van der Waals surface area contributed by atoms with Crippen molar-refractivity contribution < 1.29 is 9.21 Å². The number of hydrogen-bond acceptors (Lipinski definition) is 5. The Morgan fingerprint density at radius 2 is 2.20 bits per heavy atom. The lowest BCUT2D eigenvalue weighted by atomic mass is 10.2. The monoisotopic (exact) mass is 353 g/mol. The number of aryl methyl sites for hydroxylation is 1. The lowest BCUT2D eigenvalue weighted by Gasteiger charge is -2.21. The smallest absolute Gasteiger partial charge is 0.236 e. The fraction of sp³-hybridized carbons (Fsp3) is 0.316. The molecule has 3 aromatic rings. The molecule has 0 aromatic carbocycles. The van der Waals surface area contributed by atoms with Crippen molar-refractivity contribution in [3.8, 4) is 10.8 Å². The van der Waals surface area contributed by atoms with Crippen LogP contribution in [0.15, 0.2) is 46.3 Å². The summed E-state index contributed by atoms with van der Waals surface area (Å²) in [6, 6.07) is 10.1. The molecule has 1 aliphatic carbocycles. The van der Waals surface area contributed by atoms with Gasteiger partial charge in [-0.3, -0.25) is 9.78 Å². The van der Waals surface area contributed by atoms with Gasteiger partial charge in [-0.1, -0.05) is 12.1 Å². The molecule has 0 N–H and O–H groups in total. The highest BCUT2D eigenvalue weighted by molar-refractivity contribution is 7.13. The van der Waals surface area contributed by atoms with Gasteiger partial charge in [-0.25, -0.2) is 4.98 Å². The minimum absolute atomic E-state index is 0.0854. The summed E-state index contributed by atoms with van der Waals surface area (Å²) in [6.45, 7) is 2.42. The molecule has 128 valence electrons. The minimum atomic E-state index is 0.0854. The summed E-state index contributed by atoms with van der Waals surface area (Å²) in [5.74, 6) is 1.39. The van der Waals surface area contributed by atoms with Gasteiger partial charge >= 0.3 is 0 Å². The molecule has 0 bridgehead atoms. The van der Waals surface area contributed by atoms with E-state index in [1.54, 1.807) is 17.5 Å². The van der Waals surface area contributed by atoms with E-state index in [1.165, 1.54) is 0 Å². The molecule has 1 fully saturated rings. The van der Waals surface area contributed by atoms with Crippen LogP contribution in [0.25, 0.3) is 10.8 Å². The number of aromatic nitrogens is 2. The fourth-order valence-electron chi connectivity index (χ4n) is 2.82. The van der Waals surface area contributed by atoms with Gasteiger partial charge in [-0.05, 0) is 43.3 Å². The molecule has 0 aliphatic heterocycles. The molecule has 0 unspecified atom stereocenters. The number of carbonyl (C=O) groups excluding carboxylic acids is 1. The second-order valence-corrected chi connectivity index (χ2v) is 7.20. The molecular formula is C19H19N3O2S. The first-order chi connectivity index (χ1) is 12.2. The maximum Gasteiger partial charge on any atom is 0.236 e. The van der Waals surface area contributed by atoms with Crippen molar-refractivity contribution in [2.75, 3.05) is 0 Å². The van der Waals surface area contributed by atoms with Gasteiger partial charge in [0.05, 0.1) is 29.2 Å². The molecule has 3 heterocycles. The maximum absolute atomic E-state index is 12.9. The number of thiophene rings is 1. The highest BCUT2D eigenvalue weighted by Crippen LogP contribution is 2.30. The van der Waals surface area contributed by atoms with Gasteiger partial charge in [-0.2, -0.15) is 0 Å². The van der Waals surface area contributed by atoms with E-state index in [0.717, 1.165) is 29.1 Å². The molecule has 4 rings (SSSR count). The zero-order chi connectivity index (χ0) is 17.2. The van der Waals surface area contributed by atoms with Gasteiger partial charge in [0.2, 0.25) is 11.8 Å². The molecule has 1 aliphatic rings. The molecule has 3 aromatic heterocycles. The Morgan fingerprint density at radius 1 is 1.32 bits per heavy atom. The largest absolute Gasteiger partial charge is 0.440 e. The standard InChI is InChI=1S/C19H19N3O2S/c1-13-16(21-19(24-13)17-6-4-10-25-17)11-18(23)22(15-7-8-15)12-14-5-2-3-9-20-14/h2-6,9-10,15H,7-8,11-12H2,1H3. The molecule has 1 amide bonds. The van der Waals surface area contributed by atoms with E-state index in [2.05, 4.69) is 9.97 Å². The van der Waals surface area contributed by atoms with Crippen LogP contribution < -0.4 is 0 Å². The number of carbonyl (C=O) groups is 1. The number of nitrogens with zero attached hydrogens (tertiary/aromatic N) is 3. The first-order valence-corrected chi connectivity index (χ1v) is 9.28. The molecule has 6 heteroatoms. The minimum Gasteiger partial charge on any atom is -0.440 e. The average molecular weight is 353 g/mol. The number of pyridine rings is 1. The topological polar surface area (TPSA) is 59.2 Å². The summed E-state index contributed by atoms with van der Waals surface area (Å²) < 4.78 is 5.75. The Balaban J connectivity index is 1.50. The first-order valence-electron chi connectivity index (χ1n) is 8.40. The summed E-state index contributed by atoms with van der Waals surface area (Å²) in [5.41, 5.74) is 1.64. The van der Waals surface area contributed by atoms with Crippen molar-refractivity contribution in [1.82, 2.24) is 14.9 Å². The lowest BCUT2D eigenvalue weighted by Crippen LogP contribution is -2.34. The molecule has 0 spiro atoms.